The minimum Gasteiger partial charge on any atom is -0.258 e. The molecule has 0 atom stereocenters. The van der Waals surface area contributed by atoms with Crippen LogP contribution in [0.4, 0.5) is 8.78 Å². The lowest BCUT2D eigenvalue weighted by Gasteiger charge is -2.02. The zero-order valence-corrected chi connectivity index (χ0v) is 7.98. The van der Waals surface area contributed by atoms with E-state index < -0.39 is 11.6 Å². The van der Waals surface area contributed by atoms with Gasteiger partial charge in [0.2, 0.25) is 0 Å². The van der Waals surface area contributed by atoms with Crippen molar-refractivity contribution >= 4 is 11.9 Å². The molecule has 0 aliphatic heterocycles. The van der Waals surface area contributed by atoms with Gasteiger partial charge >= 0.3 is 0 Å². The van der Waals surface area contributed by atoms with Gasteiger partial charge in [-0.05, 0) is 24.1 Å². The Morgan fingerprint density at radius 2 is 2.21 bits per heavy atom. The molecule has 0 saturated heterocycles. The topological polar surface area (TPSA) is 41.5 Å². The molecule has 14 heavy (non-hydrogen) atoms. The van der Waals surface area contributed by atoms with Crippen molar-refractivity contribution in [1.82, 2.24) is 4.72 Å². The number of halogens is 2. The summed E-state index contributed by atoms with van der Waals surface area (Å²) in [6.07, 6.45) is 0. The van der Waals surface area contributed by atoms with Crippen molar-refractivity contribution in [2.24, 2.45) is 5.18 Å². The van der Waals surface area contributed by atoms with E-state index in [4.69, 9.17) is 0 Å². The number of nitrogens with one attached hydrogen (secondary N) is 1. The first kappa shape index (κ1) is 11.1. The van der Waals surface area contributed by atoms with Gasteiger partial charge in [0.15, 0.2) is 0 Å². The van der Waals surface area contributed by atoms with E-state index in [0.717, 1.165) is 18.0 Å². The average Bonchev–Trinajstić information content (AvgIpc) is 2.15. The van der Waals surface area contributed by atoms with Crippen molar-refractivity contribution in [3.63, 3.8) is 0 Å². The molecule has 76 valence electrons. The molecule has 0 unspecified atom stereocenters. The van der Waals surface area contributed by atoms with Crippen molar-refractivity contribution in [3.8, 4) is 0 Å². The molecule has 1 aromatic carbocycles. The fourth-order valence-electron chi connectivity index (χ4n) is 0.778. The normalized spacial score (nSPS) is 10.1. The van der Waals surface area contributed by atoms with Crippen LogP contribution in [0.25, 0.3) is 0 Å². The van der Waals surface area contributed by atoms with Gasteiger partial charge in [-0.3, -0.25) is 4.72 Å². The molecule has 1 N–H and O–H groups in total. The molecule has 0 heterocycles. The summed E-state index contributed by atoms with van der Waals surface area (Å²) >= 11 is 1.01. The summed E-state index contributed by atoms with van der Waals surface area (Å²) < 4.78 is 28.2. The SMILES string of the molecule is O=NCCNSc1ccc(F)cc1F. The van der Waals surface area contributed by atoms with Gasteiger partial charge in [0, 0.05) is 12.6 Å². The van der Waals surface area contributed by atoms with Crippen molar-refractivity contribution < 1.29 is 8.78 Å². The van der Waals surface area contributed by atoms with Crippen LogP contribution in [-0.2, 0) is 0 Å². The van der Waals surface area contributed by atoms with E-state index in [9.17, 15) is 13.7 Å². The number of hydrogen-bond donors (Lipinski definition) is 1. The smallest absolute Gasteiger partial charge is 0.140 e. The number of rotatable bonds is 5. The molecule has 0 aromatic heterocycles. The maximum atomic E-state index is 13.0. The van der Waals surface area contributed by atoms with Crippen LogP contribution >= 0.6 is 11.9 Å². The summed E-state index contributed by atoms with van der Waals surface area (Å²) in [6, 6.07) is 3.31. The van der Waals surface area contributed by atoms with Crippen LogP contribution in [0, 0.1) is 16.5 Å². The van der Waals surface area contributed by atoms with Crippen molar-refractivity contribution in [2.75, 3.05) is 13.1 Å². The van der Waals surface area contributed by atoms with E-state index in [1.165, 1.54) is 12.1 Å². The molecular weight excluding hydrogens is 210 g/mol. The summed E-state index contributed by atoms with van der Waals surface area (Å²) in [7, 11) is 0. The van der Waals surface area contributed by atoms with Gasteiger partial charge in [-0.15, -0.1) is 0 Å². The van der Waals surface area contributed by atoms with Crippen LogP contribution in [0.2, 0.25) is 0 Å². The van der Waals surface area contributed by atoms with Gasteiger partial charge in [0.25, 0.3) is 0 Å². The predicted molar refractivity (Wildman–Crippen MR) is 50.9 cm³/mol. The number of nitroso groups, excluding NO2 is 1. The largest absolute Gasteiger partial charge is 0.258 e. The Balaban J connectivity index is 2.46. The molecule has 0 amide bonds. The molecule has 0 spiro atoms. The van der Waals surface area contributed by atoms with Gasteiger partial charge in [0.1, 0.15) is 11.6 Å². The van der Waals surface area contributed by atoms with E-state index in [1.54, 1.807) is 0 Å². The molecule has 0 radical (unpaired) electrons. The first-order valence-corrected chi connectivity index (χ1v) is 4.69. The monoisotopic (exact) mass is 218 g/mol. The van der Waals surface area contributed by atoms with Crippen molar-refractivity contribution in [2.45, 2.75) is 4.90 Å². The minimum absolute atomic E-state index is 0.121. The zero-order valence-electron chi connectivity index (χ0n) is 7.17. The number of hydrogen-bond acceptors (Lipinski definition) is 4. The highest BCUT2D eigenvalue weighted by Gasteiger charge is 2.03. The standard InChI is InChI=1S/C8H8F2N2OS/c9-6-1-2-8(7(10)5-6)14-12-4-3-11-13/h1-2,5,12H,3-4H2. The van der Waals surface area contributed by atoms with Crippen LogP contribution < -0.4 is 4.72 Å². The van der Waals surface area contributed by atoms with Gasteiger partial charge in [-0.1, -0.05) is 5.18 Å². The maximum Gasteiger partial charge on any atom is 0.140 e. The molecule has 0 bridgehead atoms. The highest BCUT2D eigenvalue weighted by molar-refractivity contribution is 7.97. The van der Waals surface area contributed by atoms with Crippen LogP contribution in [0.5, 0.6) is 0 Å². The van der Waals surface area contributed by atoms with Gasteiger partial charge in [-0.2, -0.15) is 4.91 Å². The van der Waals surface area contributed by atoms with Gasteiger partial charge < -0.3 is 0 Å². The second-order valence-electron chi connectivity index (χ2n) is 2.42. The number of nitrogens with zero attached hydrogens (tertiary/aromatic N) is 1. The Morgan fingerprint density at radius 3 is 2.86 bits per heavy atom. The summed E-state index contributed by atoms with van der Waals surface area (Å²) in [5.41, 5.74) is 0. The Bertz CT molecular complexity index is 322. The fourth-order valence-corrected chi connectivity index (χ4v) is 1.42. The second-order valence-corrected chi connectivity index (χ2v) is 3.36. The molecule has 1 aromatic rings. The van der Waals surface area contributed by atoms with E-state index in [-0.39, 0.29) is 11.4 Å². The Hall–Kier alpha value is -1.01. The van der Waals surface area contributed by atoms with Gasteiger partial charge in [-0.25, -0.2) is 8.78 Å². The van der Waals surface area contributed by atoms with Crippen molar-refractivity contribution in [3.05, 3.63) is 34.7 Å². The summed E-state index contributed by atoms with van der Waals surface area (Å²) in [5.74, 6) is -1.23. The van der Waals surface area contributed by atoms with Gasteiger partial charge in [0.05, 0.1) is 11.4 Å². The lowest BCUT2D eigenvalue weighted by molar-refractivity contribution is 0.565. The van der Waals surface area contributed by atoms with Crippen LogP contribution in [0.3, 0.4) is 0 Å². The molecule has 6 heteroatoms. The second kappa shape index (κ2) is 5.66. The van der Waals surface area contributed by atoms with Crippen LogP contribution in [0.1, 0.15) is 0 Å². The molecule has 1 rings (SSSR count). The molecule has 0 aliphatic rings. The zero-order chi connectivity index (χ0) is 10.4. The van der Waals surface area contributed by atoms with Crippen LogP contribution in [0.15, 0.2) is 28.3 Å². The molecule has 0 saturated carbocycles. The Morgan fingerprint density at radius 1 is 1.43 bits per heavy atom. The first-order chi connectivity index (χ1) is 6.74. The minimum atomic E-state index is -0.624. The Kier molecular flexibility index (Phi) is 4.48. The highest BCUT2D eigenvalue weighted by Crippen LogP contribution is 2.19. The van der Waals surface area contributed by atoms with E-state index in [0.29, 0.717) is 6.54 Å². The third kappa shape index (κ3) is 3.39. The van der Waals surface area contributed by atoms with E-state index >= 15 is 0 Å². The Labute approximate surface area is 84.0 Å². The first-order valence-electron chi connectivity index (χ1n) is 3.88. The lowest BCUT2D eigenvalue weighted by atomic mass is 10.3. The summed E-state index contributed by atoms with van der Waals surface area (Å²) in [6.45, 7) is 0.473. The lowest BCUT2D eigenvalue weighted by Crippen LogP contribution is -2.08. The summed E-state index contributed by atoms with van der Waals surface area (Å²) in [5, 5.41) is 2.62. The molecule has 3 nitrogen and oxygen atoms in total. The van der Waals surface area contributed by atoms with Crippen LogP contribution in [-0.4, -0.2) is 13.1 Å². The molecule has 0 fully saturated rings. The van der Waals surface area contributed by atoms with Crippen molar-refractivity contribution in [1.29, 1.82) is 0 Å². The van der Waals surface area contributed by atoms with E-state index in [2.05, 4.69) is 9.90 Å². The quantitative estimate of drug-likeness (QED) is 0.468. The predicted octanol–water partition coefficient (Wildman–Crippen LogP) is 2.33. The summed E-state index contributed by atoms with van der Waals surface area (Å²) in [4.78, 5) is 9.99. The maximum absolute atomic E-state index is 13.0. The number of benzene rings is 1. The van der Waals surface area contributed by atoms with E-state index in [1.807, 2.05) is 0 Å². The molecule has 0 aliphatic carbocycles. The fraction of sp³-hybridized carbons (Fsp3) is 0.250. The highest BCUT2D eigenvalue weighted by atomic mass is 32.2. The third-order valence-corrected chi connectivity index (χ3v) is 2.28. The average molecular weight is 218 g/mol. The molecular formula is C8H8F2N2OS. The third-order valence-electron chi connectivity index (χ3n) is 1.38.